The Morgan fingerprint density at radius 3 is 1.93 bits per heavy atom. The average Bonchev–Trinajstić information content (AvgIpc) is 2.88. The molecule has 0 unspecified atom stereocenters. The number of benzene rings is 1. The zero-order valence-corrected chi connectivity index (χ0v) is 18.4. The topological polar surface area (TPSA) is 71.8 Å². The van der Waals surface area contributed by atoms with Gasteiger partial charge in [-0.1, -0.05) is 13.8 Å². The Morgan fingerprint density at radius 1 is 0.966 bits per heavy atom. The molecule has 0 saturated carbocycles. The molecule has 29 heavy (non-hydrogen) atoms. The van der Waals surface area contributed by atoms with E-state index in [-0.39, 0.29) is 11.5 Å². The predicted molar refractivity (Wildman–Crippen MR) is 113 cm³/mol. The molecule has 0 N–H and O–H groups in total. The molecule has 7 nitrogen and oxygen atoms in total. The molecule has 156 valence electrons. The molecule has 0 aliphatic carbocycles. The third kappa shape index (κ3) is 3.91. The Morgan fingerprint density at radius 2 is 1.48 bits per heavy atom. The van der Waals surface area contributed by atoms with Gasteiger partial charge in [0.15, 0.2) is 0 Å². The van der Waals surface area contributed by atoms with Gasteiger partial charge >= 0.3 is 7.12 Å². The summed E-state index contributed by atoms with van der Waals surface area (Å²) in [6.07, 6.45) is 0. The standard InChI is InChI=1S/C21H29BN2O5/c1-13(2)17-12-18(22-28-20(3,4)21(5,6)29-22)23-24(19(17)25)14-9-15(26-7)11-16(10-14)27-8/h9-13H,1-8H3. The number of ether oxygens (including phenoxy) is 2. The average molecular weight is 400 g/mol. The Labute approximate surface area is 172 Å². The van der Waals surface area contributed by atoms with Crippen LogP contribution in [-0.4, -0.2) is 42.3 Å². The molecule has 1 aromatic heterocycles. The number of hydrogen-bond acceptors (Lipinski definition) is 6. The normalized spacial score (nSPS) is 17.6. The van der Waals surface area contributed by atoms with Crippen molar-refractivity contribution in [3.8, 4) is 17.2 Å². The maximum Gasteiger partial charge on any atom is 0.516 e. The molecule has 1 aromatic carbocycles. The van der Waals surface area contributed by atoms with Crippen LogP contribution in [0.4, 0.5) is 0 Å². The molecule has 0 amide bonds. The zero-order chi connectivity index (χ0) is 21.6. The van der Waals surface area contributed by atoms with Gasteiger partial charge in [-0.15, -0.1) is 0 Å². The van der Waals surface area contributed by atoms with Gasteiger partial charge in [0.2, 0.25) is 0 Å². The zero-order valence-electron chi connectivity index (χ0n) is 18.4. The first-order valence-electron chi connectivity index (χ1n) is 9.72. The largest absolute Gasteiger partial charge is 0.516 e. The van der Waals surface area contributed by atoms with E-state index in [0.717, 1.165) is 0 Å². The fourth-order valence-corrected chi connectivity index (χ4v) is 3.12. The lowest BCUT2D eigenvalue weighted by atomic mass is 9.83. The molecule has 1 fully saturated rings. The Hall–Kier alpha value is -2.32. The van der Waals surface area contributed by atoms with Crippen molar-refractivity contribution in [3.05, 3.63) is 40.2 Å². The lowest BCUT2D eigenvalue weighted by molar-refractivity contribution is 0.00578. The van der Waals surface area contributed by atoms with E-state index in [9.17, 15) is 4.79 Å². The third-order valence-electron chi connectivity index (χ3n) is 5.66. The fourth-order valence-electron chi connectivity index (χ4n) is 3.12. The van der Waals surface area contributed by atoms with Crippen molar-refractivity contribution >= 4 is 12.7 Å². The minimum Gasteiger partial charge on any atom is -0.497 e. The van der Waals surface area contributed by atoms with Gasteiger partial charge in [-0.3, -0.25) is 4.79 Å². The summed E-state index contributed by atoms with van der Waals surface area (Å²) < 4.78 is 24.4. The van der Waals surface area contributed by atoms with Crippen molar-refractivity contribution in [1.29, 1.82) is 0 Å². The Balaban J connectivity index is 2.18. The van der Waals surface area contributed by atoms with Crippen LogP contribution in [0.3, 0.4) is 0 Å². The van der Waals surface area contributed by atoms with E-state index in [0.29, 0.717) is 28.3 Å². The molecule has 0 spiro atoms. The molecular formula is C21H29BN2O5. The minimum absolute atomic E-state index is 0.00502. The van der Waals surface area contributed by atoms with Gasteiger partial charge in [-0.25, -0.2) is 0 Å². The fraction of sp³-hybridized carbons (Fsp3) is 0.524. The summed E-state index contributed by atoms with van der Waals surface area (Å²) >= 11 is 0. The van der Waals surface area contributed by atoms with Crippen molar-refractivity contribution in [3.63, 3.8) is 0 Å². The SMILES string of the molecule is COc1cc(OC)cc(-n2nc(B3OC(C)(C)C(C)(C)O3)cc(C(C)C)c2=O)c1. The van der Waals surface area contributed by atoms with Gasteiger partial charge < -0.3 is 18.8 Å². The van der Waals surface area contributed by atoms with Crippen LogP contribution in [-0.2, 0) is 9.31 Å². The highest BCUT2D eigenvalue weighted by Gasteiger charge is 2.52. The molecule has 2 aromatic rings. The number of aromatic nitrogens is 2. The smallest absolute Gasteiger partial charge is 0.497 e. The first-order chi connectivity index (χ1) is 13.5. The highest BCUT2D eigenvalue weighted by molar-refractivity contribution is 6.61. The van der Waals surface area contributed by atoms with Crippen LogP contribution in [0.15, 0.2) is 29.1 Å². The Bertz CT molecular complexity index is 930. The highest BCUT2D eigenvalue weighted by atomic mass is 16.7. The lowest BCUT2D eigenvalue weighted by Gasteiger charge is -2.32. The molecule has 1 aliphatic rings. The van der Waals surface area contributed by atoms with E-state index in [4.69, 9.17) is 18.8 Å². The summed E-state index contributed by atoms with van der Waals surface area (Å²) in [6, 6.07) is 7.02. The summed E-state index contributed by atoms with van der Waals surface area (Å²) in [6.45, 7) is 11.9. The van der Waals surface area contributed by atoms with E-state index in [1.54, 1.807) is 38.5 Å². The first kappa shape index (κ1) is 21.4. The second-order valence-corrected chi connectivity index (χ2v) is 8.56. The maximum absolute atomic E-state index is 13.2. The van der Waals surface area contributed by atoms with Crippen LogP contribution < -0.4 is 20.6 Å². The van der Waals surface area contributed by atoms with E-state index in [1.807, 2.05) is 41.5 Å². The molecule has 0 bridgehead atoms. The maximum atomic E-state index is 13.2. The minimum atomic E-state index is -0.670. The number of nitrogens with zero attached hydrogens (tertiary/aromatic N) is 2. The van der Waals surface area contributed by atoms with E-state index in [2.05, 4.69) is 5.10 Å². The first-order valence-corrected chi connectivity index (χ1v) is 9.72. The summed E-state index contributed by atoms with van der Waals surface area (Å²) in [5.41, 5.74) is 0.525. The summed E-state index contributed by atoms with van der Waals surface area (Å²) in [5.74, 6) is 1.14. The molecule has 0 radical (unpaired) electrons. The quantitative estimate of drug-likeness (QED) is 0.719. The molecule has 3 rings (SSSR count). The number of methoxy groups -OCH3 is 2. The Kier molecular flexibility index (Phi) is 5.53. The number of hydrogen-bond donors (Lipinski definition) is 0. The molecule has 0 atom stereocenters. The number of rotatable bonds is 5. The van der Waals surface area contributed by atoms with Gasteiger partial charge in [0.25, 0.3) is 5.56 Å². The van der Waals surface area contributed by atoms with Crippen LogP contribution in [0, 0.1) is 0 Å². The molecule has 8 heteroatoms. The lowest BCUT2D eigenvalue weighted by Crippen LogP contribution is -2.42. The van der Waals surface area contributed by atoms with Crippen LogP contribution in [0.2, 0.25) is 0 Å². The molecule has 2 heterocycles. The van der Waals surface area contributed by atoms with Gasteiger partial charge in [-0.2, -0.15) is 9.78 Å². The van der Waals surface area contributed by atoms with Crippen LogP contribution in [0.5, 0.6) is 11.5 Å². The van der Waals surface area contributed by atoms with Gasteiger partial charge in [0, 0.05) is 23.8 Å². The molecule has 1 aliphatic heterocycles. The van der Waals surface area contributed by atoms with E-state index < -0.39 is 18.3 Å². The van der Waals surface area contributed by atoms with E-state index in [1.165, 1.54) is 4.68 Å². The molecule has 1 saturated heterocycles. The van der Waals surface area contributed by atoms with Crippen molar-refractivity contribution in [1.82, 2.24) is 9.78 Å². The summed E-state index contributed by atoms with van der Waals surface area (Å²) in [4.78, 5) is 13.2. The summed E-state index contributed by atoms with van der Waals surface area (Å²) in [5, 5.41) is 4.59. The van der Waals surface area contributed by atoms with Gasteiger partial charge in [0.1, 0.15) is 11.5 Å². The van der Waals surface area contributed by atoms with Crippen molar-refractivity contribution in [2.24, 2.45) is 0 Å². The monoisotopic (exact) mass is 400 g/mol. The highest BCUT2D eigenvalue weighted by Crippen LogP contribution is 2.36. The van der Waals surface area contributed by atoms with Gasteiger partial charge in [0.05, 0.1) is 36.7 Å². The third-order valence-corrected chi connectivity index (χ3v) is 5.66. The van der Waals surface area contributed by atoms with Crippen LogP contribution in [0.1, 0.15) is 53.0 Å². The van der Waals surface area contributed by atoms with Crippen molar-refractivity contribution in [2.75, 3.05) is 14.2 Å². The van der Waals surface area contributed by atoms with Crippen LogP contribution in [0.25, 0.3) is 5.69 Å². The second-order valence-electron chi connectivity index (χ2n) is 8.56. The van der Waals surface area contributed by atoms with E-state index >= 15 is 0 Å². The second kappa shape index (κ2) is 7.50. The van der Waals surface area contributed by atoms with Crippen molar-refractivity contribution < 1.29 is 18.8 Å². The van der Waals surface area contributed by atoms with Crippen molar-refractivity contribution in [2.45, 2.75) is 58.7 Å². The van der Waals surface area contributed by atoms with Crippen LogP contribution >= 0.6 is 0 Å². The van der Waals surface area contributed by atoms with Gasteiger partial charge in [-0.05, 0) is 39.7 Å². The predicted octanol–water partition coefficient (Wildman–Crippen LogP) is 2.67. The molecular weight excluding hydrogens is 371 g/mol. The summed E-state index contributed by atoms with van der Waals surface area (Å²) in [7, 11) is 2.46.